The van der Waals surface area contributed by atoms with Gasteiger partial charge in [-0.05, 0) is 17.7 Å². The molecule has 2 aromatic carbocycles. The van der Waals surface area contributed by atoms with E-state index in [0.717, 1.165) is 5.56 Å². The fraction of sp³-hybridized carbons (Fsp3) is 0.200. The third-order valence-corrected chi connectivity index (χ3v) is 3.93. The maximum atomic E-state index is 12.7. The first kappa shape index (κ1) is 17.5. The molecule has 0 unspecified atom stereocenters. The lowest BCUT2D eigenvalue weighted by atomic mass is 10.2. The Kier molecular flexibility index (Phi) is 5.53. The minimum atomic E-state index is -0.326. The van der Waals surface area contributed by atoms with Crippen molar-refractivity contribution in [3.05, 3.63) is 76.8 Å². The van der Waals surface area contributed by atoms with E-state index in [2.05, 4.69) is 4.98 Å². The van der Waals surface area contributed by atoms with Crippen LogP contribution >= 0.6 is 0 Å². The Bertz CT molecular complexity index is 923. The predicted octanol–water partition coefficient (Wildman–Crippen LogP) is 2.87. The van der Waals surface area contributed by atoms with Crippen LogP contribution in [0.4, 0.5) is 0 Å². The highest BCUT2D eigenvalue weighted by molar-refractivity contribution is 5.49. The lowest BCUT2D eigenvalue weighted by Crippen LogP contribution is -2.22. The summed E-state index contributed by atoms with van der Waals surface area (Å²) in [7, 11) is 3.11. The highest BCUT2D eigenvalue weighted by atomic mass is 16.5. The van der Waals surface area contributed by atoms with Crippen molar-refractivity contribution >= 4 is 0 Å². The third-order valence-electron chi connectivity index (χ3n) is 3.93. The van der Waals surface area contributed by atoms with E-state index >= 15 is 0 Å². The first-order valence-electron chi connectivity index (χ1n) is 8.19. The molecule has 0 aliphatic carbocycles. The zero-order chi connectivity index (χ0) is 18.4. The van der Waals surface area contributed by atoms with E-state index in [9.17, 15) is 4.79 Å². The van der Waals surface area contributed by atoms with Crippen molar-refractivity contribution in [2.45, 2.75) is 6.42 Å². The van der Waals surface area contributed by atoms with Gasteiger partial charge in [-0.1, -0.05) is 30.3 Å². The van der Waals surface area contributed by atoms with Crippen LogP contribution in [0.15, 0.2) is 65.7 Å². The maximum Gasteiger partial charge on any atom is 0.317 e. The summed E-state index contributed by atoms with van der Waals surface area (Å²) in [4.78, 5) is 16.7. The Hall–Kier alpha value is -3.28. The molecule has 0 amide bonds. The standard InChI is InChI=1S/C20H20N2O4/c1-24-17-9-8-16(14-18(17)25-2)22-12-11-21-19(20(22)23)26-13-10-15-6-4-3-5-7-15/h3-9,11-12,14H,10,13H2,1-2H3. The van der Waals surface area contributed by atoms with E-state index in [1.54, 1.807) is 38.6 Å². The van der Waals surface area contributed by atoms with Gasteiger partial charge in [0.1, 0.15) is 0 Å². The predicted molar refractivity (Wildman–Crippen MR) is 98.6 cm³/mol. The number of ether oxygens (including phenoxy) is 3. The molecule has 3 aromatic rings. The second-order valence-electron chi connectivity index (χ2n) is 5.53. The second kappa shape index (κ2) is 8.20. The van der Waals surface area contributed by atoms with Gasteiger partial charge in [-0.15, -0.1) is 0 Å². The van der Waals surface area contributed by atoms with Crippen LogP contribution in [-0.4, -0.2) is 30.4 Å². The lowest BCUT2D eigenvalue weighted by Gasteiger charge is -2.12. The van der Waals surface area contributed by atoms with Crippen LogP contribution in [0.3, 0.4) is 0 Å². The smallest absolute Gasteiger partial charge is 0.317 e. The molecule has 0 fully saturated rings. The van der Waals surface area contributed by atoms with Crippen molar-refractivity contribution < 1.29 is 14.2 Å². The molecule has 1 aromatic heterocycles. The summed E-state index contributed by atoms with van der Waals surface area (Å²) >= 11 is 0. The number of nitrogens with zero attached hydrogens (tertiary/aromatic N) is 2. The van der Waals surface area contributed by atoms with Crippen LogP contribution in [-0.2, 0) is 6.42 Å². The van der Waals surface area contributed by atoms with Gasteiger partial charge < -0.3 is 14.2 Å². The second-order valence-corrected chi connectivity index (χ2v) is 5.53. The Morgan fingerprint density at radius 1 is 1.00 bits per heavy atom. The average molecular weight is 352 g/mol. The molecule has 0 aliphatic rings. The van der Waals surface area contributed by atoms with Crippen LogP contribution in [0.2, 0.25) is 0 Å². The van der Waals surface area contributed by atoms with Gasteiger partial charge in [-0.2, -0.15) is 0 Å². The van der Waals surface area contributed by atoms with Gasteiger partial charge in [0, 0.05) is 24.9 Å². The molecule has 1 heterocycles. The fourth-order valence-electron chi connectivity index (χ4n) is 2.58. The SMILES string of the molecule is COc1ccc(-n2ccnc(OCCc3ccccc3)c2=O)cc1OC. The van der Waals surface area contributed by atoms with Crippen molar-refractivity contribution in [1.29, 1.82) is 0 Å². The van der Waals surface area contributed by atoms with Crippen LogP contribution in [0.5, 0.6) is 17.4 Å². The Labute approximate surface area is 151 Å². The van der Waals surface area contributed by atoms with Gasteiger partial charge in [0.15, 0.2) is 11.5 Å². The summed E-state index contributed by atoms with van der Waals surface area (Å²) in [5.41, 5.74) is 1.46. The Morgan fingerprint density at radius 2 is 1.77 bits per heavy atom. The van der Waals surface area contributed by atoms with E-state index in [1.165, 1.54) is 10.8 Å². The number of rotatable bonds is 7. The van der Waals surface area contributed by atoms with Gasteiger partial charge in [0.2, 0.25) is 0 Å². The number of methoxy groups -OCH3 is 2. The molecule has 134 valence electrons. The highest BCUT2D eigenvalue weighted by Gasteiger charge is 2.11. The van der Waals surface area contributed by atoms with E-state index in [-0.39, 0.29) is 11.4 Å². The molecule has 3 rings (SSSR count). The summed E-state index contributed by atoms with van der Waals surface area (Å²) in [5, 5.41) is 0. The summed E-state index contributed by atoms with van der Waals surface area (Å²) in [6, 6.07) is 15.2. The normalized spacial score (nSPS) is 10.4. The molecular formula is C20H20N2O4. The Balaban J connectivity index is 1.80. The summed E-state index contributed by atoms with van der Waals surface area (Å²) in [6.07, 6.45) is 3.83. The zero-order valence-electron chi connectivity index (χ0n) is 14.7. The minimum absolute atomic E-state index is 0.0678. The molecule has 0 aliphatic heterocycles. The van der Waals surface area contributed by atoms with Crippen molar-refractivity contribution in [2.75, 3.05) is 20.8 Å². The van der Waals surface area contributed by atoms with Crippen molar-refractivity contribution in [2.24, 2.45) is 0 Å². The Morgan fingerprint density at radius 3 is 2.50 bits per heavy atom. The molecule has 6 nitrogen and oxygen atoms in total. The molecule has 26 heavy (non-hydrogen) atoms. The minimum Gasteiger partial charge on any atom is -0.493 e. The molecule has 0 atom stereocenters. The number of benzene rings is 2. The first-order chi connectivity index (χ1) is 12.7. The van der Waals surface area contributed by atoms with Crippen molar-refractivity contribution in [3.63, 3.8) is 0 Å². The quantitative estimate of drug-likeness (QED) is 0.654. The molecule has 0 saturated heterocycles. The molecule has 0 saturated carbocycles. The van der Waals surface area contributed by atoms with Gasteiger partial charge >= 0.3 is 5.56 Å². The number of hydrogen-bond acceptors (Lipinski definition) is 5. The van der Waals surface area contributed by atoms with Crippen LogP contribution < -0.4 is 19.8 Å². The number of aromatic nitrogens is 2. The van der Waals surface area contributed by atoms with Crippen molar-refractivity contribution in [3.8, 4) is 23.1 Å². The summed E-state index contributed by atoms with van der Waals surface area (Å²) < 4.78 is 17.6. The molecule has 0 radical (unpaired) electrons. The number of hydrogen-bond donors (Lipinski definition) is 0. The molecule has 0 bridgehead atoms. The van der Waals surface area contributed by atoms with Crippen LogP contribution in [0, 0.1) is 0 Å². The van der Waals surface area contributed by atoms with Gasteiger partial charge in [-0.3, -0.25) is 9.36 Å². The van der Waals surface area contributed by atoms with E-state index in [4.69, 9.17) is 14.2 Å². The van der Waals surface area contributed by atoms with Crippen molar-refractivity contribution in [1.82, 2.24) is 9.55 Å². The van der Waals surface area contributed by atoms with Gasteiger partial charge in [-0.25, -0.2) is 4.98 Å². The van der Waals surface area contributed by atoms with E-state index in [1.807, 2.05) is 30.3 Å². The molecule has 6 heteroatoms. The third kappa shape index (κ3) is 3.85. The molecular weight excluding hydrogens is 332 g/mol. The average Bonchev–Trinajstić information content (AvgIpc) is 2.69. The topological polar surface area (TPSA) is 62.6 Å². The zero-order valence-corrected chi connectivity index (χ0v) is 14.7. The van der Waals surface area contributed by atoms with E-state index in [0.29, 0.717) is 30.2 Å². The molecule has 0 N–H and O–H groups in total. The highest BCUT2D eigenvalue weighted by Crippen LogP contribution is 2.28. The summed E-state index contributed by atoms with van der Waals surface area (Å²) in [6.45, 7) is 0.377. The first-order valence-corrected chi connectivity index (χ1v) is 8.19. The van der Waals surface area contributed by atoms with Crippen LogP contribution in [0.25, 0.3) is 5.69 Å². The maximum absolute atomic E-state index is 12.7. The largest absolute Gasteiger partial charge is 0.493 e. The summed E-state index contributed by atoms with van der Waals surface area (Å²) in [5.74, 6) is 1.20. The van der Waals surface area contributed by atoms with Gasteiger partial charge in [0.25, 0.3) is 5.88 Å². The van der Waals surface area contributed by atoms with Crippen LogP contribution in [0.1, 0.15) is 5.56 Å². The molecule has 0 spiro atoms. The fourth-order valence-corrected chi connectivity index (χ4v) is 2.58. The lowest BCUT2D eigenvalue weighted by molar-refractivity contribution is 0.303. The van der Waals surface area contributed by atoms with Gasteiger partial charge in [0.05, 0.1) is 26.5 Å². The van der Waals surface area contributed by atoms with E-state index < -0.39 is 0 Å². The monoisotopic (exact) mass is 352 g/mol.